The van der Waals surface area contributed by atoms with E-state index >= 15 is 0 Å². The Bertz CT molecular complexity index is 1650. The fourth-order valence-corrected chi connectivity index (χ4v) is 6.88. The molecule has 2 N–H and O–H groups in total. The second kappa shape index (κ2) is 10.4. The lowest BCUT2D eigenvalue weighted by Gasteiger charge is -2.32. The van der Waals surface area contributed by atoms with Crippen LogP contribution in [0.5, 0.6) is 5.75 Å². The molecule has 40 heavy (non-hydrogen) atoms. The Labute approximate surface area is 242 Å². The van der Waals surface area contributed by atoms with Gasteiger partial charge in [0.2, 0.25) is 5.91 Å². The molecule has 0 fully saturated rings. The highest BCUT2D eigenvalue weighted by molar-refractivity contribution is 7.93. The Balaban J connectivity index is 2.18. The lowest BCUT2D eigenvalue weighted by molar-refractivity contribution is -0.128. The summed E-state index contributed by atoms with van der Waals surface area (Å²) in [6, 6.07) is 14.6. The van der Waals surface area contributed by atoms with Crippen LogP contribution < -0.4 is 19.7 Å². The highest BCUT2D eigenvalue weighted by Gasteiger charge is 2.59. The number of nitrogens with zero attached hydrogens (tertiary/aromatic N) is 1. The highest BCUT2D eigenvalue weighted by atomic mass is 35.5. The summed E-state index contributed by atoms with van der Waals surface area (Å²) in [6.07, 6.45) is 0. The standard InChI is InChI=1S/C28H27Cl2N3O6S/c1-16(34)31-28(17-10-6-7-11-18(17)29)24-20(15-14-19(30)23(24)25(35)32-27(2,3)4)33(26(28)36)40(37,38)22-13-9-8-12-21(22)39-5/h6-15H,1-5H3,(H,31,34)(H,32,35). The summed E-state index contributed by atoms with van der Waals surface area (Å²) in [5.74, 6) is -2.45. The molecule has 1 aliphatic heterocycles. The van der Waals surface area contributed by atoms with Gasteiger partial charge in [-0.1, -0.05) is 53.5 Å². The molecule has 0 saturated carbocycles. The Hall–Kier alpha value is -3.60. The SMILES string of the molecule is COc1ccccc1S(=O)(=O)N1C(=O)C(NC(C)=O)(c2ccccc2Cl)c2c1ccc(Cl)c2C(=O)NC(C)(C)C. The molecule has 210 valence electrons. The maximum Gasteiger partial charge on any atom is 0.276 e. The van der Waals surface area contributed by atoms with Crippen molar-refractivity contribution in [2.45, 2.75) is 43.7 Å². The molecule has 0 aliphatic carbocycles. The molecule has 1 atom stereocenters. The number of halogens is 2. The normalized spacial score (nSPS) is 16.9. The summed E-state index contributed by atoms with van der Waals surface area (Å²) in [6.45, 7) is 6.42. The number of ether oxygens (including phenoxy) is 1. The molecule has 3 aromatic carbocycles. The monoisotopic (exact) mass is 603 g/mol. The average molecular weight is 605 g/mol. The van der Waals surface area contributed by atoms with Crippen LogP contribution in [0.4, 0.5) is 5.69 Å². The molecule has 1 heterocycles. The van der Waals surface area contributed by atoms with Gasteiger partial charge in [-0.15, -0.1) is 0 Å². The van der Waals surface area contributed by atoms with Crippen LogP contribution in [0.1, 0.15) is 49.2 Å². The smallest absolute Gasteiger partial charge is 0.276 e. The van der Waals surface area contributed by atoms with Crippen LogP contribution >= 0.6 is 23.2 Å². The van der Waals surface area contributed by atoms with Crippen molar-refractivity contribution < 1.29 is 27.5 Å². The van der Waals surface area contributed by atoms with Gasteiger partial charge in [0.1, 0.15) is 10.6 Å². The average Bonchev–Trinajstić information content (AvgIpc) is 3.11. The van der Waals surface area contributed by atoms with Gasteiger partial charge < -0.3 is 15.4 Å². The maximum atomic E-state index is 14.6. The summed E-state index contributed by atoms with van der Waals surface area (Å²) >= 11 is 13.2. The van der Waals surface area contributed by atoms with Crippen molar-refractivity contribution in [3.8, 4) is 5.75 Å². The zero-order valence-corrected chi connectivity index (χ0v) is 24.7. The zero-order valence-electron chi connectivity index (χ0n) is 22.3. The Kier molecular flexibility index (Phi) is 7.66. The predicted molar refractivity (Wildman–Crippen MR) is 152 cm³/mol. The zero-order chi connectivity index (χ0) is 29.6. The number of hydrogen-bond acceptors (Lipinski definition) is 6. The van der Waals surface area contributed by atoms with E-state index in [4.69, 9.17) is 27.9 Å². The van der Waals surface area contributed by atoms with E-state index in [1.807, 2.05) is 0 Å². The largest absolute Gasteiger partial charge is 0.495 e. The highest BCUT2D eigenvalue weighted by Crippen LogP contribution is 2.51. The fraction of sp³-hybridized carbons (Fsp3) is 0.250. The molecule has 3 amide bonds. The third-order valence-electron chi connectivity index (χ3n) is 6.18. The molecule has 0 bridgehead atoms. The lowest BCUT2D eigenvalue weighted by Crippen LogP contribution is -2.55. The van der Waals surface area contributed by atoms with Gasteiger partial charge in [-0.05, 0) is 51.1 Å². The summed E-state index contributed by atoms with van der Waals surface area (Å²) < 4.78 is 34.3. The fourth-order valence-electron chi connectivity index (χ4n) is 4.74. The van der Waals surface area contributed by atoms with E-state index in [0.29, 0.717) is 4.31 Å². The Morgan fingerprint density at radius 1 is 0.950 bits per heavy atom. The number of hydrogen-bond donors (Lipinski definition) is 2. The molecule has 0 saturated heterocycles. The number of amides is 3. The molecule has 0 radical (unpaired) electrons. The van der Waals surface area contributed by atoms with Crippen LogP contribution in [0.2, 0.25) is 10.0 Å². The van der Waals surface area contributed by atoms with Crippen molar-refractivity contribution in [2.24, 2.45) is 0 Å². The molecule has 3 aromatic rings. The van der Waals surface area contributed by atoms with Crippen molar-refractivity contribution in [1.82, 2.24) is 10.6 Å². The molecule has 0 aromatic heterocycles. The van der Waals surface area contributed by atoms with Crippen LogP contribution in [0.25, 0.3) is 0 Å². The first-order valence-electron chi connectivity index (χ1n) is 12.1. The van der Waals surface area contributed by atoms with Crippen molar-refractivity contribution in [2.75, 3.05) is 11.4 Å². The first-order chi connectivity index (χ1) is 18.7. The van der Waals surface area contributed by atoms with Gasteiger partial charge in [0.25, 0.3) is 21.8 Å². The van der Waals surface area contributed by atoms with Gasteiger partial charge in [-0.25, -0.2) is 8.42 Å². The summed E-state index contributed by atoms with van der Waals surface area (Å²) in [7, 11) is -3.37. The molecular weight excluding hydrogens is 577 g/mol. The van der Waals surface area contributed by atoms with Gasteiger partial charge in [0, 0.05) is 28.6 Å². The predicted octanol–water partition coefficient (Wildman–Crippen LogP) is 4.65. The maximum absolute atomic E-state index is 14.6. The second-order valence-corrected chi connectivity index (χ2v) is 12.7. The van der Waals surface area contributed by atoms with Crippen LogP contribution in [0, 0.1) is 0 Å². The summed E-state index contributed by atoms with van der Waals surface area (Å²) in [4.78, 5) is 40.8. The number of nitrogens with one attached hydrogen (secondary N) is 2. The van der Waals surface area contributed by atoms with E-state index in [1.165, 1.54) is 56.5 Å². The lowest BCUT2D eigenvalue weighted by atomic mass is 9.80. The number of methoxy groups -OCH3 is 1. The van der Waals surface area contributed by atoms with Gasteiger partial charge in [-0.2, -0.15) is 4.31 Å². The molecule has 12 heteroatoms. The van der Waals surface area contributed by atoms with Gasteiger partial charge in [0.05, 0.1) is 23.4 Å². The first kappa shape index (κ1) is 29.4. The number of fused-ring (bicyclic) bond motifs is 1. The number of carbonyl (C=O) groups excluding carboxylic acids is 3. The van der Waals surface area contributed by atoms with E-state index in [0.717, 1.165) is 0 Å². The van der Waals surface area contributed by atoms with Crippen LogP contribution in [-0.2, 0) is 25.2 Å². The molecule has 1 aliphatic rings. The van der Waals surface area contributed by atoms with Crippen LogP contribution in [0.3, 0.4) is 0 Å². The Morgan fingerprint density at radius 2 is 1.57 bits per heavy atom. The van der Waals surface area contributed by atoms with E-state index < -0.39 is 38.8 Å². The van der Waals surface area contributed by atoms with E-state index in [9.17, 15) is 22.8 Å². The summed E-state index contributed by atoms with van der Waals surface area (Å²) in [5.41, 5.74) is -3.39. The molecular formula is C28H27Cl2N3O6S. The third-order valence-corrected chi connectivity index (χ3v) is 8.56. The Morgan fingerprint density at radius 3 is 2.17 bits per heavy atom. The number of anilines is 1. The minimum Gasteiger partial charge on any atom is -0.495 e. The van der Waals surface area contributed by atoms with E-state index in [2.05, 4.69) is 10.6 Å². The number of sulfonamides is 1. The van der Waals surface area contributed by atoms with Crippen LogP contribution in [-0.4, -0.2) is 38.8 Å². The first-order valence-corrected chi connectivity index (χ1v) is 14.3. The minimum absolute atomic E-state index is 0.00807. The van der Waals surface area contributed by atoms with Crippen molar-refractivity contribution in [1.29, 1.82) is 0 Å². The number of para-hydroxylation sites is 1. The van der Waals surface area contributed by atoms with Gasteiger partial charge in [-0.3, -0.25) is 14.4 Å². The number of benzene rings is 3. The summed E-state index contributed by atoms with van der Waals surface area (Å²) in [5, 5.41) is 5.44. The topological polar surface area (TPSA) is 122 Å². The molecule has 4 rings (SSSR count). The van der Waals surface area contributed by atoms with Crippen LogP contribution in [0.15, 0.2) is 65.6 Å². The van der Waals surface area contributed by atoms with E-state index in [-0.39, 0.29) is 43.1 Å². The second-order valence-electron chi connectivity index (χ2n) is 10.2. The number of carbonyl (C=O) groups is 3. The minimum atomic E-state index is -4.67. The van der Waals surface area contributed by atoms with E-state index in [1.54, 1.807) is 39.0 Å². The van der Waals surface area contributed by atoms with Crippen molar-refractivity contribution >= 4 is 56.6 Å². The quantitative estimate of drug-likeness (QED) is 0.423. The molecule has 0 spiro atoms. The number of rotatable bonds is 6. The van der Waals surface area contributed by atoms with Crippen molar-refractivity contribution in [3.63, 3.8) is 0 Å². The van der Waals surface area contributed by atoms with Crippen molar-refractivity contribution in [3.05, 3.63) is 87.4 Å². The van der Waals surface area contributed by atoms with Gasteiger partial charge in [0.15, 0.2) is 5.54 Å². The third kappa shape index (κ3) is 4.80. The van der Waals surface area contributed by atoms with Gasteiger partial charge >= 0.3 is 0 Å². The molecule has 1 unspecified atom stereocenters. The molecule has 9 nitrogen and oxygen atoms in total.